The van der Waals surface area contributed by atoms with Crippen molar-refractivity contribution in [2.45, 2.75) is 44.9 Å². The summed E-state index contributed by atoms with van der Waals surface area (Å²) in [5, 5.41) is 9.97. The van der Waals surface area contributed by atoms with Crippen LogP contribution in [0.1, 0.15) is 44.2 Å². The lowest BCUT2D eigenvalue weighted by Gasteiger charge is -2.28. The second kappa shape index (κ2) is 10.7. The fourth-order valence-corrected chi connectivity index (χ4v) is 4.98. The molecule has 0 bridgehead atoms. The molecule has 1 aliphatic carbocycles. The minimum atomic E-state index is 0.314. The number of anilines is 1. The van der Waals surface area contributed by atoms with Gasteiger partial charge in [-0.3, -0.25) is 9.97 Å². The van der Waals surface area contributed by atoms with Crippen LogP contribution in [0.25, 0.3) is 11.3 Å². The number of hydrogen-bond donors (Lipinski definition) is 1. The number of halogens is 1. The summed E-state index contributed by atoms with van der Waals surface area (Å²) in [6.45, 7) is 2.96. The first-order chi connectivity index (χ1) is 15.1. The van der Waals surface area contributed by atoms with Gasteiger partial charge in [0.1, 0.15) is 5.82 Å². The normalized spacial score (nSPS) is 22.4. The molecular weight excluding hydrogens is 412 g/mol. The van der Waals surface area contributed by atoms with E-state index in [0.29, 0.717) is 29.4 Å². The Hall–Kier alpha value is -1.76. The van der Waals surface area contributed by atoms with Crippen molar-refractivity contribution in [3.8, 4) is 11.3 Å². The lowest BCUT2D eigenvalue weighted by atomic mass is 9.80. The van der Waals surface area contributed by atoms with Crippen LogP contribution in [0, 0.1) is 17.8 Å². The first kappa shape index (κ1) is 22.4. The number of aliphatic hydroxyl groups excluding tert-OH is 1. The van der Waals surface area contributed by atoms with Crippen LogP contribution in [-0.2, 0) is 11.2 Å². The third-order valence-electron chi connectivity index (χ3n) is 6.80. The fraction of sp³-hybridized carbons (Fsp3) is 0.625. The topological polar surface area (TPSA) is 71.4 Å². The number of aromatic nitrogens is 3. The van der Waals surface area contributed by atoms with Gasteiger partial charge in [-0.25, -0.2) is 4.98 Å². The molecule has 0 atom stereocenters. The highest BCUT2D eigenvalue weighted by atomic mass is 35.5. The van der Waals surface area contributed by atoms with Gasteiger partial charge in [0.15, 0.2) is 0 Å². The number of aliphatic hydroxyl groups is 1. The number of ether oxygens (including phenoxy) is 1. The van der Waals surface area contributed by atoms with Crippen LogP contribution < -0.4 is 4.90 Å². The number of pyridine rings is 1. The molecule has 0 unspecified atom stereocenters. The predicted octanol–water partition coefficient (Wildman–Crippen LogP) is 4.40. The van der Waals surface area contributed by atoms with E-state index in [1.165, 1.54) is 0 Å². The smallest absolute Gasteiger partial charge is 0.147 e. The van der Waals surface area contributed by atoms with Gasteiger partial charge in [-0.2, -0.15) is 0 Å². The molecule has 168 valence electrons. The summed E-state index contributed by atoms with van der Waals surface area (Å²) in [5.74, 6) is 2.58. The quantitative estimate of drug-likeness (QED) is 0.682. The molecule has 1 N–H and O–H groups in total. The van der Waals surface area contributed by atoms with Gasteiger partial charge in [0.2, 0.25) is 0 Å². The van der Waals surface area contributed by atoms with E-state index in [0.717, 1.165) is 87.5 Å². The summed E-state index contributed by atoms with van der Waals surface area (Å²) in [5.41, 5.74) is 2.73. The van der Waals surface area contributed by atoms with Gasteiger partial charge < -0.3 is 14.7 Å². The number of rotatable bonds is 7. The molecule has 0 radical (unpaired) electrons. The van der Waals surface area contributed by atoms with Crippen LogP contribution in [0.2, 0.25) is 5.02 Å². The summed E-state index contributed by atoms with van der Waals surface area (Å²) in [6, 6.07) is 2.08. The van der Waals surface area contributed by atoms with Crippen LogP contribution in [-0.4, -0.2) is 53.5 Å². The van der Waals surface area contributed by atoms with Gasteiger partial charge in [0.25, 0.3) is 0 Å². The van der Waals surface area contributed by atoms with Crippen LogP contribution >= 0.6 is 11.6 Å². The van der Waals surface area contributed by atoms with Crippen molar-refractivity contribution in [1.29, 1.82) is 0 Å². The molecule has 0 spiro atoms. The molecular formula is C24H33ClN4O2. The van der Waals surface area contributed by atoms with Gasteiger partial charge >= 0.3 is 0 Å². The average molecular weight is 445 g/mol. The van der Waals surface area contributed by atoms with Crippen LogP contribution in [0.4, 0.5) is 5.82 Å². The van der Waals surface area contributed by atoms with E-state index in [4.69, 9.17) is 21.3 Å². The third kappa shape index (κ3) is 5.93. The van der Waals surface area contributed by atoms with Crippen LogP contribution in [0.5, 0.6) is 0 Å². The van der Waals surface area contributed by atoms with Crippen molar-refractivity contribution in [2.24, 2.45) is 17.8 Å². The Morgan fingerprint density at radius 1 is 1.03 bits per heavy atom. The number of nitrogens with zero attached hydrogens (tertiary/aromatic N) is 4. The zero-order valence-electron chi connectivity index (χ0n) is 18.3. The molecule has 1 aliphatic heterocycles. The second-order valence-electron chi connectivity index (χ2n) is 9.13. The van der Waals surface area contributed by atoms with Gasteiger partial charge in [0, 0.05) is 50.9 Å². The van der Waals surface area contributed by atoms with E-state index in [-0.39, 0.29) is 0 Å². The first-order valence-electron chi connectivity index (χ1n) is 11.5. The van der Waals surface area contributed by atoms with Gasteiger partial charge in [-0.1, -0.05) is 11.6 Å². The van der Waals surface area contributed by atoms with E-state index in [9.17, 15) is 5.11 Å². The highest BCUT2D eigenvalue weighted by Crippen LogP contribution is 2.33. The summed E-state index contributed by atoms with van der Waals surface area (Å²) in [4.78, 5) is 16.1. The molecule has 2 aromatic heterocycles. The highest BCUT2D eigenvalue weighted by molar-refractivity contribution is 6.33. The van der Waals surface area contributed by atoms with Crippen molar-refractivity contribution < 1.29 is 9.84 Å². The summed E-state index contributed by atoms with van der Waals surface area (Å²) >= 11 is 6.51. The average Bonchev–Trinajstić information content (AvgIpc) is 2.81. The summed E-state index contributed by atoms with van der Waals surface area (Å²) < 4.78 is 5.48. The molecule has 7 heteroatoms. The van der Waals surface area contributed by atoms with E-state index < -0.39 is 0 Å². The number of hydrogen-bond acceptors (Lipinski definition) is 6. The standard InChI is InChI=1S/C24H33ClN4O2/c1-29(15-18-6-8-31-9-7-18)24-14-26-13-23(28-24)21-11-20(27-12-22(21)25)10-17-2-4-19(16-30)5-3-17/h11-14,17-19,30H,2-10,15-16H2,1H3. The SMILES string of the molecule is CN(CC1CCOCC1)c1cncc(-c2cc(CC3CCC(CO)CC3)ncc2Cl)n1. The maximum atomic E-state index is 9.36. The Labute approximate surface area is 190 Å². The predicted molar refractivity (Wildman–Crippen MR) is 123 cm³/mol. The molecule has 3 heterocycles. The summed E-state index contributed by atoms with van der Waals surface area (Å²) in [7, 11) is 2.07. The third-order valence-corrected chi connectivity index (χ3v) is 7.10. The second-order valence-corrected chi connectivity index (χ2v) is 9.53. The molecule has 1 saturated heterocycles. The Morgan fingerprint density at radius 3 is 2.52 bits per heavy atom. The minimum Gasteiger partial charge on any atom is -0.396 e. The van der Waals surface area contributed by atoms with Crippen molar-refractivity contribution >= 4 is 17.4 Å². The molecule has 6 nitrogen and oxygen atoms in total. The Balaban J connectivity index is 1.46. The zero-order chi connectivity index (χ0) is 21.6. The first-order valence-corrected chi connectivity index (χ1v) is 11.9. The van der Waals surface area contributed by atoms with Crippen molar-refractivity contribution in [3.63, 3.8) is 0 Å². The summed E-state index contributed by atoms with van der Waals surface area (Å²) in [6.07, 6.45) is 13.0. The zero-order valence-corrected chi connectivity index (χ0v) is 19.1. The monoisotopic (exact) mass is 444 g/mol. The molecule has 1 saturated carbocycles. The largest absolute Gasteiger partial charge is 0.396 e. The maximum absolute atomic E-state index is 9.36. The van der Waals surface area contributed by atoms with Crippen LogP contribution in [0.3, 0.4) is 0 Å². The molecule has 0 aromatic carbocycles. The molecule has 2 aliphatic rings. The van der Waals surface area contributed by atoms with Gasteiger partial charge in [-0.15, -0.1) is 0 Å². The fourth-order valence-electron chi connectivity index (χ4n) is 4.78. The lowest BCUT2D eigenvalue weighted by molar-refractivity contribution is 0.0685. The van der Waals surface area contributed by atoms with Crippen LogP contribution in [0.15, 0.2) is 24.7 Å². The lowest BCUT2D eigenvalue weighted by Crippen LogP contribution is -2.30. The van der Waals surface area contributed by atoms with E-state index in [1.807, 2.05) is 6.20 Å². The van der Waals surface area contributed by atoms with E-state index >= 15 is 0 Å². The van der Waals surface area contributed by atoms with E-state index in [2.05, 4.69) is 28.0 Å². The van der Waals surface area contributed by atoms with Gasteiger partial charge in [-0.05, 0) is 68.8 Å². The molecule has 4 rings (SSSR count). The Morgan fingerprint density at radius 2 is 1.77 bits per heavy atom. The Kier molecular flexibility index (Phi) is 7.75. The highest BCUT2D eigenvalue weighted by Gasteiger charge is 2.22. The maximum Gasteiger partial charge on any atom is 0.147 e. The Bertz CT molecular complexity index is 851. The minimum absolute atomic E-state index is 0.314. The molecule has 31 heavy (non-hydrogen) atoms. The van der Waals surface area contributed by atoms with Crippen molar-refractivity contribution in [3.05, 3.63) is 35.4 Å². The van der Waals surface area contributed by atoms with Crippen molar-refractivity contribution in [1.82, 2.24) is 15.0 Å². The van der Waals surface area contributed by atoms with Crippen molar-refractivity contribution in [2.75, 3.05) is 38.3 Å². The van der Waals surface area contributed by atoms with E-state index in [1.54, 1.807) is 12.4 Å². The molecule has 0 amide bonds. The van der Waals surface area contributed by atoms with Gasteiger partial charge in [0.05, 0.1) is 23.1 Å². The molecule has 2 fully saturated rings. The molecule has 2 aromatic rings.